The van der Waals surface area contributed by atoms with Gasteiger partial charge < -0.3 is 15.8 Å². The zero-order valence-electron chi connectivity index (χ0n) is 18.8. The van der Waals surface area contributed by atoms with Crippen molar-refractivity contribution in [3.05, 3.63) is 97.9 Å². The molecule has 2 unspecified atom stereocenters. The topological polar surface area (TPSA) is 150 Å². The fraction of sp³-hybridized carbons (Fsp3) is 0.167. The Bertz CT molecular complexity index is 1330. The molecule has 10 nitrogen and oxygen atoms in total. The maximum Gasteiger partial charge on any atom is 0.405 e. The normalized spacial score (nSPS) is 12.4. The van der Waals surface area contributed by atoms with Gasteiger partial charge in [-0.3, -0.25) is 19.9 Å². The molecule has 184 valence electrons. The maximum absolute atomic E-state index is 13.3. The predicted octanol–water partition coefficient (Wildman–Crippen LogP) is 4.28. The summed E-state index contributed by atoms with van der Waals surface area (Å²) >= 11 is 2.94. The third-order valence-electron chi connectivity index (χ3n) is 5.22. The number of primary amides is 1. The number of nitro benzene ring substituents is 1. The van der Waals surface area contributed by atoms with Gasteiger partial charge in [0.15, 0.2) is 6.10 Å². The Morgan fingerprint density at radius 1 is 1.06 bits per heavy atom. The summed E-state index contributed by atoms with van der Waals surface area (Å²) in [5.74, 6) is -0.537. The summed E-state index contributed by atoms with van der Waals surface area (Å²) < 4.78 is 5.13. The first-order chi connectivity index (χ1) is 17.4. The Kier molecular flexibility index (Phi) is 7.98. The van der Waals surface area contributed by atoms with Gasteiger partial charge in [-0.1, -0.05) is 18.2 Å². The van der Waals surface area contributed by atoms with Gasteiger partial charge in [-0.15, -0.1) is 22.7 Å². The Balaban J connectivity index is 1.59. The van der Waals surface area contributed by atoms with Crippen LogP contribution in [0.15, 0.2) is 71.7 Å². The van der Waals surface area contributed by atoms with Gasteiger partial charge in [0.25, 0.3) is 11.6 Å². The molecule has 2 amide bonds. The minimum Gasteiger partial charge on any atom is -0.436 e. The Labute approximate surface area is 213 Å². The number of benzene rings is 1. The van der Waals surface area contributed by atoms with Crippen LogP contribution in [-0.2, 0) is 22.4 Å². The number of non-ortho nitro benzene ring substituents is 1. The van der Waals surface area contributed by atoms with Crippen LogP contribution in [0.4, 0.5) is 10.5 Å². The number of nitrogens with one attached hydrogen (secondary N) is 1. The highest BCUT2D eigenvalue weighted by Crippen LogP contribution is 2.30. The van der Waals surface area contributed by atoms with Crippen LogP contribution in [0.2, 0.25) is 0 Å². The Morgan fingerprint density at radius 3 is 2.42 bits per heavy atom. The second-order valence-corrected chi connectivity index (χ2v) is 9.56. The van der Waals surface area contributed by atoms with Crippen LogP contribution in [0.3, 0.4) is 0 Å². The lowest BCUT2D eigenvalue weighted by molar-refractivity contribution is -0.384. The van der Waals surface area contributed by atoms with E-state index in [4.69, 9.17) is 15.5 Å². The van der Waals surface area contributed by atoms with Crippen molar-refractivity contribution in [2.75, 3.05) is 0 Å². The lowest BCUT2D eigenvalue weighted by atomic mass is 10.0. The number of hydrogen-bond acceptors (Lipinski definition) is 9. The lowest BCUT2D eigenvalue weighted by Crippen LogP contribution is -2.42. The number of thiophene rings is 1. The zero-order chi connectivity index (χ0) is 25.5. The number of pyridine rings is 1. The molecule has 1 aromatic carbocycles. The first-order valence-electron chi connectivity index (χ1n) is 10.8. The highest BCUT2D eigenvalue weighted by atomic mass is 32.1. The molecule has 0 bridgehead atoms. The number of thiazole rings is 1. The number of aromatic nitrogens is 2. The summed E-state index contributed by atoms with van der Waals surface area (Å²) in [7, 11) is 0. The van der Waals surface area contributed by atoms with E-state index in [0.717, 1.165) is 21.7 Å². The molecule has 0 aliphatic rings. The van der Waals surface area contributed by atoms with E-state index in [-0.39, 0.29) is 12.1 Å². The van der Waals surface area contributed by atoms with Gasteiger partial charge >= 0.3 is 6.09 Å². The summed E-state index contributed by atoms with van der Waals surface area (Å²) in [4.78, 5) is 45.0. The fourth-order valence-electron chi connectivity index (χ4n) is 3.50. The zero-order valence-corrected chi connectivity index (χ0v) is 20.4. The molecule has 12 heteroatoms. The standard InChI is InChI=1S/C24H21N5O5S2/c25-24(31)34-20(13-16-7-9-26-10-8-16)22(30)27-18(12-15-3-5-17(6-4-15)29(32)33)23-28-19(14-36-23)21-2-1-11-35-21/h1-11,14,18,20H,12-13H2,(H2,25,31)(H,27,30). The third-order valence-corrected chi connectivity index (χ3v) is 7.07. The maximum atomic E-state index is 13.3. The molecule has 3 heterocycles. The van der Waals surface area contributed by atoms with Gasteiger partial charge in [-0.25, -0.2) is 9.78 Å². The van der Waals surface area contributed by atoms with Crippen molar-refractivity contribution in [3.8, 4) is 10.6 Å². The largest absolute Gasteiger partial charge is 0.436 e. The van der Waals surface area contributed by atoms with Crippen molar-refractivity contribution in [2.45, 2.75) is 25.0 Å². The van der Waals surface area contributed by atoms with Crippen LogP contribution < -0.4 is 11.1 Å². The molecule has 0 saturated carbocycles. The van der Waals surface area contributed by atoms with Gasteiger partial charge in [0.1, 0.15) is 5.01 Å². The van der Waals surface area contributed by atoms with Crippen molar-refractivity contribution in [1.29, 1.82) is 0 Å². The molecule has 4 aromatic rings. The summed E-state index contributed by atoms with van der Waals surface area (Å²) in [5, 5.41) is 18.5. The van der Waals surface area contributed by atoms with E-state index in [1.165, 1.54) is 23.5 Å². The second kappa shape index (κ2) is 11.5. The smallest absolute Gasteiger partial charge is 0.405 e. The number of nitro groups is 1. The van der Waals surface area contributed by atoms with Crippen LogP contribution >= 0.6 is 22.7 Å². The third kappa shape index (κ3) is 6.49. The van der Waals surface area contributed by atoms with E-state index in [9.17, 15) is 19.7 Å². The molecule has 0 saturated heterocycles. The monoisotopic (exact) mass is 523 g/mol. The molecular weight excluding hydrogens is 502 g/mol. The molecule has 3 aromatic heterocycles. The molecule has 2 atom stereocenters. The molecule has 4 rings (SSSR count). The molecule has 0 fully saturated rings. The van der Waals surface area contributed by atoms with E-state index < -0.39 is 29.1 Å². The molecule has 36 heavy (non-hydrogen) atoms. The first-order valence-corrected chi connectivity index (χ1v) is 12.5. The van der Waals surface area contributed by atoms with Crippen molar-refractivity contribution in [3.63, 3.8) is 0 Å². The van der Waals surface area contributed by atoms with Gasteiger partial charge in [0, 0.05) is 36.3 Å². The van der Waals surface area contributed by atoms with Crippen LogP contribution in [0, 0.1) is 10.1 Å². The highest BCUT2D eigenvalue weighted by Gasteiger charge is 2.27. The number of nitrogens with two attached hydrogens (primary N) is 1. The molecule has 0 aliphatic heterocycles. The highest BCUT2D eigenvalue weighted by molar-refractivity contribution is 7.14. The number of rotatable bonds is 10. The number of carbonyl (C=O) groups excluding carboxylic acids is 2. The van der Waals surface area contributed by atoms with Crippen LogP contribution in [0.5, 0.6) is 0 Å². The minimum absolute atomic E-state index is 0.0270. The average molecular weight is 524 g/mol. The van der Waals surface area contributed by atoms with Crippen molar-refractivity contribution < 1.29 is 19.2 Å². The van der Waals surface area contributed by atoms with E-state index in [1.54, 1.807) is 48.0 Å². The molecular formula is C24H21N5O5S2. The number of amides is 2. The fourth-order valence-corrected chi connectivity index (χ4v) is 5.13. The van der Waals surface area contributed by atoms with Crippen LogP contribution in [-0.4, -0.2) is 33.0 Å². The van der Waals surface area contributed by atoms with Gasteiger partial charge in [0.05, 0.1) is 21.5 Å². The van der Waals surface area contributed by atoms with E-state index in [1.807, 2.05) is 22.9 Å². The second-order valence-electron chi connectivity index (χ2n) is 7.72. The first kappa shape index (κ1) is 24.9. The van der Waals surface area contributed by atoms with Gasteiger partial charge in [-0.2, -0.15) is 0 Å². The number of nitrogens with zero attached hydrogens (tertiary/aromatic N) is 3. The quantitative estimate of drug-likeness (QED) is 0.233. The summed E-state index contributed by atoms with van der Waals surface area (Å²) in [6, 6.07) is 12.8. The summed E-state index contributed by atoms with van der Waals surface area (Å²) in [6.07, 6.45) is 1.35. The SMILES string of the molecule is NC(=O)OC(Cc1ccncc1)C(=O)NC(Cc1ccc([N+](=O)[O-])cc1)c1nc(-c2cccs2)cs1. The molecule has 0 aliphatic carbocycles. The lowest BCUT2D eigenvalue weighted by Gasteiger charge is -2.21. The van der Waals surface area contributed by atoms with Gasteiger partial charge in [0.2, 0.25) is 0 Å². The van der Waals surface area contributed by atoms with Crippen molar-refractivity contribution in [1.82, 2.24) is 15.3 Å². The predicted molar refractivity (Wildman–Crippen MR) is 136 cm³/mol. The van der Waals surface area contributed by atoms with Gasteiger partial charge in [-0.05, 0) is 41.1 Å². The summed E-state index contributed by atoms with van der Waals surface area (Å²) in [5.41, 5.74) is 7.50. The van der Waals surface area contributed by atoms with Crippen molar-refractivity contribution >= 4 is 40.4 Å². The minimum atomic E-state index is -1.17. The van der Waals surface area contributed by atoms with Crippen LogP contribution in [0.25, 0.3) is 10.6 Å². The summed E-state index contributed by atoms with van der Waals surface area (Å²) in [6.45, 7) is 0. The number of hydrogen-bond donors (Lipinski definition) is 2. The average Bonchev–Trinajstić information content (AvgIpc) is 3.56. The van der Waals surface area contributed by atoms with Crippen LogP contribution in [0.1, 0.15) is 22.2 Å². The van der Waals surface area contributed by atoms with E-state index in [0.29, 0.717) is 11.4 Å². The molecule has 0 radical (unpaired) electrons. The Hall–Kier alpha value is -4.16. The van der Waals surface area contributed by atoms with E-state index >= 15 is 0 Å². The molecule has 3 N–H and O–H groups in total. The van der Waals surface area contributed by atoms with Crippen molar-refractivity contribution in [2.24, 2.45) is 5.73 Å². The number of carbonyl (C=O) groups is 2. The van der Waals surface area contributed by atoms with E-state index in [2.05, 4.69) is 10.3 Å². The molecule has 0 spiro atoms. The Morgan fingerprint density at radius 2 is 1.78 bits per heavy atom. The number of ether oxygens (including phenoxy) is 1.